The number of para-hydroxylation sites is 1. The molecule has 0 radical (unpaired) electrons. The van der Waals surface area contributed by atoms with E-state index in [1.165, 1.54) is 11.8 Å². The Labute approximate surface area is 108 Å². The zero-order valence-corrected chi connectivity index (χ0v) is 11.2. The van der Waals surface area contributed by atoms with Crippen LogP contribution in [0, 0.1) is 0 Å². The molecule has 1 heterocycles. The van der Waals surface area contributed by atoms with Crippen LogP contribution in [0.2, 0.25) is 5.02 Å². The fourth-order valence-corrected chi connectivity index (χ4v) is 2.41. The Balaban J connectivity index is 2.23. The first-order valence-corrected chi connectivity index (χ1v) is 6.57. The maximum atomic E-state index is 6.27. The summed E-state index contributed by atoms with van der Waals surface area (Å²) in [7, 11) is 0. The van der Waals surface area contributed by atoms with Crippen molar-refractivity contribution >= 4 is 22.5 Å². The number of nitrogens with zero attached hydrogens (tertiary/aromatic N) is 1. The van der Waals surface area contributed by atoms with Crippen LogP contribution >= 0.6 is 11.6 Å². The fraction of sp³-hybridized carbons (Fsp3) is 0.429. The van der Waals surface area contributed by atoms with Gasteiger partial charge in [0.2, 0.25) is 0 Å². The number of halogens is 1. The average Bonchev–Trinajstić information content (AvgIpc) is 2.74. The van der Waals surface area contributed by atoms with Crippen LogP contribution in [-0.2, 0) is 0 Å². The highest BCUT2D eigenvalue weighted by molar-refractivity contribution is 6.35. The van der Waals surface area contributed by atoms with Gasteiger partial charge in [0.1, 0.15) is 0 Å². The van der Waals surface area contributed by atoms with Crippen molar-refractivity contribution < 1.29 is 0 Å². The van der Waals surface area contributed by atoms with E-state index >= 15 is 0 Å². The quantitative estimate of drug-likeness (QED) is 0.798. The molecule has 0 bridgehead atoms. The summed E-state index contributed by atoms with van der Waals surface area (Å²) in [5.74, 6) is 0. The van der Waals surface area contributed by atoms with Crippen molar-refractivity contribution in [3.8, 4) is 0 Å². The molecule has 92 valence electrons. The third-order valence-electron chi connectivity index (χ3n) is 3.03. The molecule has 1 aromatic carbocycles. The van der Waals surface area contributed by atoms with Crippen molar-refractivity contribution in [2.75, 3.05) is 13.1 Å². The van der Waals surface area contributed by atoms with Crippen LogP contribution in [0.1, 0.15) is 26.3 Å². The van der Waals surface area contributed by atoms with Gasteiger partial charge in [0.25, 0.3) is 0 Å². The van der Waals surface area contributed by atoms with Gasteiger partial charge in [-0.3, -0.25) is 0 Å². The lowest BCUT2D eigenvalue weighted by atomic mass is 10.2. The lowest BCUT2D eigenvalue weighted by Gasteiger charge is -2.16. The predicted octanol–water partition coefficient (Wildman–Crippen LogP) is 3.86. The maximum absolute atomic E-state index is 6.27. The van der Waals surface area contributed by atoms with Gasteiger partial charge >= 0.3 is 0 Å². The number of nitrogens with one attached hydrogen (secondary N) is 1. The third kappa shape index (κ3) is 2.64. The van der Waals surface area contributed by atoms with E-state index in [0.717, 1.165) is 23.6 Å². The van der Waals surface area contributed by atoms with Gasteiger partial charge in [-0.15, -0.1) is 0 Å². The van der Waals surface area contributed by atoms with Crippen molar-refractivity contribution in [3.05, 3.63) is 35.5 Å². The standard InChI is InChI=1S/C14H19ClN2/c1-3-8-16-10-11(2)17-9-7-12-5-4-6-13(15)14(12)17/h4-7,9,11,16H,3,8,10H2,1-2H3. The molecule has 1 aromatic heterocycles. The minimum absolute atomic E-state index is 0.416. The normalized spacial score (nSPS) is 13.1. The highest BCUT2D eigenvalue weighted by Gasteiger charge is 2.09. The van der Waals surface area contributed by atoms with Gasteiger partial charge in [-0.2, -0.15) is 0 Å². The van der Waals surface area contributed by atoms with E-state index in [1.54, 1.807) is 0 Å². The third-order valence-corrected chi connectivity index (χ3v) is 3.34. The van der Waals surface area contributed by atoms with Crippen molar-refractivity contribution in [1.82, 2.24) is 9.88 Å². The summed E-state index contributed by atoms with van der Waals surface area (Å²) in [6.07, 6.45) is 3.29. The van der Waals surface area contributed by atoms with E-state index in [0.29, 0.717) is 6.04 Å². The number of hydrogen-bond acceptors (Lipinski definition) is 1. The number of hydrogen-bond donors (Lipinski definition) is 1. The molecule has 2 aromatic rings. The van der Waals surface area contributed by atoms with Gasteiger partial charge in [-0.25, -0.2) is 0 Å². The first kappa shape index (κ1) is 12.5. The summed E-state index contributed by atoms with van der Waals surface area (Å²) in [5, 5.41) is 5.48. The zero-order valence-electron chi connectivity index (χ0n) is 10.4. The van der Waals surface area contributed by atoms with Gasteiger partial charge in [0.15, 0.2) is 0 Å². The largest absolute Gasteiger partial charge is 0.342 e. The van der Waals surface area contributed by atoms with E-state index in [9.17, 15) is 0 Å². The van der Waals surface area contributed by atoms with Crippen molar-refractivity contribution in [3.63, 3.8) is 0 Å². The molecule has 0 saturated carbocycles. The Morgan fingerprint density at radius 1 is 1.35 bits per heavy atom. The van der Waals surface area contributed by atoms with Crippen LogP contribution in [0.5, 0.6) is 0 Å². The Bertz CT molecular complexity index is 490. The zero-order chi connectivity index (χ0) is 12.3. The van der Waals surface area contributed by atoms with E-state index in [-0.39, 0.29) is 0 Å². The van der Waals surface area contributed by atoms with E-state index in [1.807, 2.05) is 12.1 Å². The molecule has 0 fully saturated rings. The molecule has 2 rings (SSSR count). The number of fused-ring (bicyclic) bond motifs is 1. The van der Waals surface area contributed by atoms with Crippen LogP contribution in [0.4, 0.5) is 0 Å². The highest BCUT2D eigenvalue weighted by atomic mass is 35.5. The molecule has 1 unspecified atom stereocenters. The summed E-state index contributed by atoms with van der Waals surface area (Å²) in [6, 6.07) is 8.59. The SMILES string of the molecule is CCCNCC(C)n1ccc2cccc(Cl)c21. The Morgan fingerprint density at radius 3 is 2.94 bits per heavy atom. The molecule has 0 saturated heterocycles. The van der Waals surface area contributed by atoms with Crippen molar-refractivity contribution in [1.29, 1.82) is 0 Å². The Kier molecular flexibility index (Phi) is 4.08. The molecule has 1 N–H and O–H groups in total. The molecule has 0 aliphatic carbocycles. The number of aromatic nitrogens is 1. The van der Waals surface area contributed by atoms with Gasteiger partial charge < -0.3 is 9.88 Å². The molecule has 0 aliphatic heterocycles. The van der Waals surface area contributed by atoms with Crippen LogP contribution in [-0.4, -0.2) is 17.7 Å². The molecule has 17 heavy (non-hydrogen) atoms. The smallest absolute Gasteiger partial charge is 0.0672 e. The van der Waals surface area contributed by atoms with Gasteiger partial charge in [0, 0.05) is 24.2 Å². The molecule has 0 aliphatic rings. The summed E-state index contributed by atoms with van der Waals surface area (Å²) in [5.41, 5.74) is 1.14. The van der Waals surface area contributed by atoms with Gasteiger partial charge in [0.05, 0.1) is 10.5 Å². The topological polar surface area (TPSA) is 17.0 Å². The molecule has 1 atom stereocenters. The second-order valence-corrected chi connectivity index (χ2v) is 4.86. The lowest BCUT2D eigenvalue weighted by Crippen LogP contribution is -2.23. The second kappa shape index (κ2) is 5.56. The van der Waals surface area contributed by atoms with Crippen LogP contribution in [0.15, 0.2) is 30.5 Å². The van der Waals surface area contributed by atoms with E-state index in [4.69, 9.17) is 11.6 Å². The number of rotatable bonds is 5. The summed E-state index contributed by atoms with van der Waals surface area (Å²) in [6.45, 7) is 6.44. The van der Waals surface area contributed by atoms with Crippen LogP contribution in [0.25, 0.3) is 10.9 Å². The summed E-state index contributed by atoms with van der Waals surface area (Å²) >= 11 is 6.27. The number of benzene rings is 1. The van der Waals surface area contributed by atoms with Gasteiger partial charge in [-0.1, -0.05) is 30.7 Å². The van der Waals surface area contributed by atoms with Crippen LogP contribution in [0.3, 0.4) is 0 Å². The molecule has 2 nitrogen and oxygen atoms in total. The highest BCUT2D eigenvalue weighted by Crippen LogP contribution is 2.26. The van der Waals surface area contributed by atoms with E-state index in [2.05, 4.69) is 42.1 Å². The van der Waals surface area contributed by atoms with Gasteiger partial charge in [-0.05, 0) is 32.0 Å². The van der Waals surface area contributed by atoms with Crippen molar-refractivity contribution in [2.45, 2.75) is 26.3 Å². The Morgan fingerprint density at radius 2 is 2.18 bits per heavy atom. The van der Waals surface area contributed by atoms with Crippen LogP contribution < -0.4 is 5.32 Å². The lowest BCUT2D eigenvalue weighted by molar-refractivity contribution is 0.505. The molecular formula is C14H19ClN2. The first-order valence-electron chi connectivity index (χ1n) is 6.19. The van der Waals surface area contributed by atoms with Crippen molar-refractivity contribution in [2.24, 2.45) is 0 Å². The van der Waals surface area contributed by atoms with E-state index < -0.39 is 0 Å². The maximum Gasteiger partial charge on any atom is 0.0672 e. The molecular weight excluding hydrogens is 232 g/mol. The second-order valence-electron chi connectivity index (χ2n) is 4.45. The fourth-order valence-electron chi connectivity index (χ4n) is 2.13. The molecule has 3 heteroatoms. The summed E-state index contributed by atoms with van der Waals surface area (Å²) in [4.78, 5) is 0. The molecule has 0 amide bonds. The Hall–Kier alpha value is -0.990. The summed E-state index contributed by atoms with van der Waals surface area (Å²) < 4.78 is 2.25. The predicted molar refractivity (Wildman–Crippen MR) is 74.8 cm³/mol. The molecule has 0 spiro atoms. The monoisotopic (exact) mass is 250 g/mol. The minimum Gasteiger partial charge on any atom is -0.342 e. The first-order chi connectivity index (χ1) is 8.24. The minimum atomic E-state index is 0.416. The average molecular weight is 251 g/mol.